The zero-order valence-corrected chi connectivity index (χ0v) is 9.93. The van der Waals surface area contributed by atoms with Gasteiger partial charge in [0.15, 0.2) is 0 Å². The number of hydrogen-bond donors (Lipinski definition) is 2. The molecule has 3 N–H and O–H groups in total. The number of aliphatic hydroxyl groups excluding tert-OH is 1. The lowest BCUT2D eigenvalue weighted by molar-refractivity contribution is 0.268. The molecule has 1 atom stereocenters. The molecule has 1 unspecified atom stereocenters. The van der Waals surface area contributed by atoms with Crippen molar-refractivity contribution in [2.24, 2.45) is 5.73 Å². The molecule has 0 radical (unpaired) electrons. The van der Waals surface area contributed by atoms with Crippen LogP contribution in [0.1, 0.15) is 41.9 Å². The zero-order chi connectivity index (χ0) is 12.0. The van der Waals surface area contributed by atoms with Crippen LogP contribution in [0.15, 0.2) is 18.3 Å². The van der Waals surface area contributed by atoms with E-state index in [0.29, 0.717) is 5.92 Å². The Morgan fingerprint density at radius 2 is 2.35 bits per heavy atom. The Labute approximate surface area is 100 Å². The summed E-state index contributed by atoms with van der Waals surface area (Å²) in [5.74, 6) is 1.75. The third-order valence-electron chi connectivity index (χ3n) is 3.44. The topological polar surface area (TPSA) is 63.5 Å². The van der Waals surface area contributed by atoms with Crippen molar-refractivity contribution in [3.8, 4) is 0 Å². The van der Waals surface area contributed by atoms with Crippen LogP contribution in [-0.4, -0.2) is 21.1 Å². The van der Waals surface area contributed by atoms with Crippen LogP contribution in [0.3, 0.4) is 0 Å². The lowest BCUT2D eigenvalue weighted by Crippen LogP contribution is -2.15. The predicted molar refractivity (Wildman–Crippen MR) is 65.9 cm³/mol. The van der Waals surface area contributed by atoms with Crippen LogP contribution in [0.2, 0.25) is 0 Å². The highest BCUT2D eigenvalue weighted by molar-refractivity contribution is 5.61. The van der Waals surface area contributed by atoms with Crippen LogP contribution in [0.25, 0.3) is 5.52 Å². The molecule has 90 valence electrons. The first-order valence-corrected chi connectivity index (χ1v) is 6.06. The summed E-state index contributed by atoms with van der Waals surface area (Å²) in [6.45, 7) is 1.97. The average molecular weight is 231 g/mol. The van der Waals surface area contributed by atoms with E-state index in [2.05, 4.69) is 9.38 Å². The van der Waals surface area contributed by atoms with E-state index in [9.17, 15) is 5.11 Å². The number of aliphatic hydroxyl groups is 1. The molecule has 0 spiro atoms. The van der Waals surface area contributed by atoms with E-state index in [0.717, 1.165) is 22.6 Å². The normalized spacial score (nSPS) is 17.6. The zero-order valence-electron chi connectivity index (χ0n) is 9.93. The maximum absolute atomic E-state index is 9.21. The molecule has 0 amide bonds. The van der Waals surface area contributed by atoms with Crippen molar-refractivity contribution in [3.63, 3.8) is 0 Å². The van der Waals surface area contributed by atoms with Crippen LogP contribution in [0, 0.1) is 6.92 Å². The van der Waals surface area contributed by atoms with Crippen LogP contribution in [0.5, 0.6) is 0 Å². The molecule has 1 fully saturated rings. The molecule has 2 aromatic heterocycles. The number of fused-ring (bicyclic) bond motifs is 1. The predicted octanol–water partition coefficient (Wildman–Crippen LogP) is 1.51. The van der Waals surface area contributed by atoms with E-state index in [-0.39, 0.29) is 12.6 Å². The molecule has 0 saturated heterocycles. The van der Waals surface area contributed by atoms with Gasteiger partial charge in [-0.25, -0.2) is 4.98 Å². The summed E-state index contributed by atoms with van der Waals surface area (Å²) < 4.78 is 2.14. The van der Waals surface area contributed by atoms with Gasteiger partial charge < -0.3 is 15.2 Å². The van der Waals surface area contributed by atoms with Crippen molar-refractivity contribution in [2.45, 2.75) is 31.7 Å². The molecule has 17 heavy (non-hydrogen) atoms. The average Bonchev–Trinajstić information content (AvgIpc) is 3.13. The van der Waals surface area contributed by atoms with Gasteiger partial charge in [0.05, 0.1) is 23.9 Å². The van der Waals surface area contributed by atoms with Gasteiger partial charge in [0.25, 0.3) is 0 Å². The minimum atomic E-state index is -0.332. The van der Waals surface area contributed by atoms with E-state index in [1.165, 1.54) is 12.8 Å². The standard InChI is InChI=1S/C13H17N3O/c1-8-12-10(11(14)7-17)3-2-6-16(12)13(15-8)9-4-5-9/h2-3,6,9,11,17H,4-5,7,14H2,1H3. The van der Waals surface area contributed by atoms with Crippen LogP contribution >= 0.6 is 0 Å². The second-order valence-corrected chi connectivity index (χ2v) is 4.80. The van der Waals surface area contributed by atoms with Crippen molar-refractivity contribution in [2.75, 3.05) is 6.61 Å². The highest BCUT2D eigenvalue weighted by atomic mass is 16.3. The van der Waals surface area contributed by atoms with E-state index in [1.807, 2.05) is 25.3 Å². The van der Waals surface area contributed by atoms with Gasteiger partial charge in [0.2, 0.25) is 0 Å². The summed E-state index contributed by atoms with van der Waals surface area (Å²) >= 11 is 0. The molecular weight excluding hydrogens is 214 g/mol. The summed E-state index contributed by atoms with van der Waals surface area (Å²) in [5.41, 5.74) is 8.99. The van der Waals surface area contributed by atoms with Gasteiger partial charge in [-0.15, -0.1) is 0 Å². The number of nitrogens with two attached hydrogens (primary N) is 1. The molecule has 3 rings (SSSR count). The summed E-state index contributed by atoms with van der Waals surface area (Å²) in [5, 5.41) is 9.21. The summed E-state index contributed by atoms with van der Waals surface area (Å²) in [4.78, 5) is 4.65. The number of aryl methyl sites for hydroxylation is 1. The highest BCUT2D eigenvalue weighted by Gasteiger charge is 2.29. The fraction of sp³-hybridized carbons (Fsp3) is 0.462. The molecule has 1 aliphatic carbocycles. The lowest BCUT2D eigenvalue weighted by atomic mass is 10.1. The number of aromatic nitrogens is 2. The van der Waals surface area contributed by atoms with Crippen LogP contribution < -0.4 is 5.73 Å². The second-order valence-electron chi connectivity index (χ2n) is 4.80. The second kappa shape index (κ2) is 3.82. The molecule has 0 aliphatic heterocycles. The van der Waals surface area contributed by atoms with E-state index in [4.69, 9.17) is 5.73 Å². The number of pyridine rings is 1. The molecule has 4 heteroatoms. The van der Waals surface area contributed by atoms with E-state index in [1.54, 1.807) is 0 Å². The van der Waals surface area contributed by atoms with Gasteiger partial charge in [-0.2, -0.15) is 0 Å². The molecule has 1 saturated carbocycles. The Bertz CT molecular complexity index is 557. The first-order chi connectivity index (χ1) is 8.22. The monoisotopic (exact) mass is 231 g/mol. The third-order valence-corrected chi connectivity index (χ3v) is 3.44. The fourth-order valence-electron chi connectivity index (χ4n) is 2.41. The number of rotatable bonds is 3. The van der Waals surface area contributed by atoms with Gasteiger partial charge in [-0.1, -0.05) is 6.07 Å². The Balaban J connectivity index is 2.24. The quantitative estimate of drug-likeness (QED) is 0.841. The van der Waals surface area contributed by atoms with Crippen LogP contribution in [0.4, 0.5) is 0 Å². The van der Waals surface area contributed by atoms with Crippen molar-refractivity contribution in [3.05, 3.63) is 35.4 Å². The maximum atomic E-state index is 9.21. The maximum Gasteiger partial charge on any atom is 0.116 e. The molecule has 0 bridgehead atoms. The smallest absolute Gasteiger partial charge is 0.116 e. The fourth-order valence-corrected chi connectivity index (χ4v) is 2.41. The van der Waals surface area contributed by atoms with Gasteiger partial charge >= 0.3 is 0 Å². The first kappa shape index (κ1) is 10.7. The summed E-state index contributed by atoms with van der Waals surface area (Å²) in [6, 6.07) is 3.62. The van der Waals surface area contributed by atoms with Crippen molar-refractivity contribution in [1.29, 1.82) is 0 Å². The van der Waals surface area contributed by atoms with Gasteiger partial charge in [-0.05, 0) is 31.4 Å². The lowest BCUT2D eigenvalue weighted by Gasteiger charge is -2.11. The molecular formula is C13H17N3O. The minimum Gasteiger partial charge on any atom is -0.394 e. The Morgan fingerprint density at radius 1 is 1.59 bits per heavy atom. The number of nitrogens with zero attached hydrogens (tertiary/aromatic N) is 2. The molecule has 0 aromatic carbocycles. The van der Waals surface area contributed by atoms with Gasteiger partial charge in [0.1, 0.15) is 5.82 Å². The van der Waals surface area contributed by atoms with Crippen molar-refractivity contribution < 1.29 is 5.11 Å². The third kappa shape index (κ3) is 1.64. The largest absolute Gasteiger partial charge is 0.394 e. The van der Waals surface area contributed by atoms with Crippen molar-refractivity contribution in [1.82, 2.24) is 9.38 Å². The number of imidazole rings is 1. The Morgan fingerprint density at radius 3 is 3.00 bits per heavy atom. The van der Waals surface area contributed by atoms with Gasteiger partial charge in [0, 0.05) is 12.1 Å². The molecule has 2 heterocycles. The Kier molecular flexibility index (Phi) is 2.42. The highest BCUT2D eigenvalue weighted by Crippen LogP contribution is 2.40. The van der Waals surface area contributed by atoms with Crippen LogP contribution in [-0.2, 0) is 0 Å². The van der Waals surface area contributed by atoms with Crippen molar-refractivity contribution >= 4 is 5.52 Å². The number of hydrogen-bond acceptors (Lipinski definition) is 3. The summed E-state index contributed by atoms with van der Waals surface area (Å²) in [6.07, 6.45) is 4.50. The Hall–Kier alpha value is -1.39. The molecule has 4 nitrogen and oxygen atoms in total. The molecule has 1 aliphatic rings. The van der Waals surface area contributed by atoms with E-state index >= 15 is 0 Å². The first-order valence-electron chi connectivity index (χ1n) is 6.06. The molecule has 2 aromatic rings. The SMILES string of the molecule is Cc1nc(C2CC2)n2cccc(C(N)CO)c12. The van der Waals surface area contributed by atoms with E-state index < -0.39 is 0 Å². The minimum absolute atomic E-state index is 0.0386. The van der Waals surface area contributed by atoms with Gasteiger partial charge in [-0.3, -0.25) is 0 Å². The summed E-state index contributed by atoms with van der Waals surface area (Å²) in [7, 11) is 0.